The van der Waals surface area contributed by atoms with Crippen LogP contribution in [0.25, 0.3) is 0 Å². The fourth-order valence-electron chi connectivity index (χ4n) is 0.267. The van der Waals surface area contributed by atoms with Gasteiger partial charge in [-0.15, -0.1) is 0 Å². The van der Waals surface area contributed by atoms with Crippen LogP contribution in [0.2, 0.25) is 0 Å². The van der Waals surface area contributed by atoms with E-state index in [9.17, 15) is 0 Å². The summed E-state index contributed by atoms with van der Waals surface area (Å²) in [5.41, 5.74) is 0. The Balaban J connectivity index is -0.000000107. The maximum Gasteiger partial charge on any atom is 0.00312 e. The predicted molar refractivity (Wildman–Crippen MR) is 61.0 cm³/mol. The molecule has 0 fully saturated rings. The Morgan fingerprint density at radius 1 is 0.818 bits per heavy atom. The Morgan fingerprint density at radius 3 is 1.09 bits per heavy atom. The van der Waals surface area contributed by atoms with Gasteiger partial charge in [0, 0.05) is 10.7 Å². The van der Waals surface area contributed by atoms with Crippen LogP contribution in [0.4, 0.5) is 0 Å². The van der Waals surface area contributed by atoms with E-state index >= 15 is 0 Å². The number of unbranched alkanes of at least 4 members (excludes halogenated alkanes) is 2. The predicted octanol–water partition coefficient (Wildman–Crippen LogP) is 3.54. The third-order valence-electron chi connectivity index (χ3n) is 0.974. The zero-order valence-electron chi connectivity index (χ0n) is 7.50. The van der Waals surface area contributed by atoms with E-state index in [1.807, 2.05) is 0 Å². The summed E-state index contributed by atoms with van der Waals surface area (Å²) in [4.78, 5) is 0. The summed E-state index contributed by atoms with van der Waals surface area (Å²) in [6.45, 7) is 4.36. The lowest BCUT2D eigenvalue weighted by Crippen LogP contribution is -1.64. The molecule has 11 heavy (non-hydrogen) atoms. The highest BCUT2D eigenvalue weighted by molar-refractivity contribution is 9.09. The second kappa shape index (κ2) is 22.4. The average molecular weight is 292 g/mol. The van der Waals surface area contributed by atoms with Crippen LogP contribution in [0.1, 0.15) is 39.5 Å². The molecular weight excluding hydrogens is 272 g/mol. The van der Waals surface area contributed by atoms with Gasteiger partial charge in [-0.25, -0.2) is 0 Å². The van der Waals surface area contributed by atoms with Crippen molar-refractivity contribution in [3.8, 4) is 0 Å². The molecule has 0 amide bonds. The van der Waals surface area contributed by atoms with Crippen molar-refractivity contribution >= 4 is 31.9 Å². The van der Waals surface area contributed by atoms with Crippen LogP contribution in [0, 0.1) is 0 Å². The van der Waals surface area contributed by atoms with E-state index in [0.29, 0.717) is 0 Å². The fourth-order valence-corrected chi connectivity index (χ4v) is 1.39. The summed E-state index contributed by atoms with van der Waals surface area (Å²) < 4.78 is 0. The van der Waals surface area contributed by atoms with Gasteiger partial charge < -0.3 is 5.48 Å². The first kappa shape index (κ1) is 17.9. The molecule has 0 radical (unpaired) electrons. The number of rotatable bonds is 4. The van der Waals surface area contributed by atoms with E-state index in [4.69, 9.17) is 0 Å². The third kappa shape index (κ3) is 35.9. The first-order valence-electron chi connectivity index (χ1n) is 3.95. The molecule has 0 aliphatic carbocycles. The van der Waals surface area contributed by atoms with Gasteiger partial charge >= 0.3 is 0 Å². The molecule has 0 saturated carbocycles. The first-order chi connectivity index (χ1) is 4.83. The molecule has 0 unspecified atom stereocenters. The molecule has 2 N–H and O–H groups in total. The van der Waals surface area contributed by atoms with Gasteiger partial charge in [0.25, 0.3) is 0 Å². The second-order valence-electron chi connectivity index (χ2n) is 2.09. The van der Waals surface area contributed by atoms with Crippen molar-refractivity contribution in [1.82, 2.24) is 0 Å². The van der Waals surface area contributed by atoms with Crippen LogP contribution in [-0.4, -0.2) is 16.1 Å². The zero-order chi connectivity index (χ0) is 8.24. The van der Waals surface area contributed by atoms with E-state index in [2.05, 4.69) is 45.7 Å². The van der Waals surface area contributed by atoms with Crippen molar-refractivity contribution in [1.29, 1.82) is 0 Å². The number of hydrogen-bond acceptors (Lipinski definition) is 0. The largest absolute Gasteiger partial charge is 0.412 e. The monoisotopic (exact) mass is 290 g/mol. The van der Waals surface area contributed by atoms with Crippen LogP contribution in [0.3, 0.4) is 0 Å². The normalized spacial score (nSPS) is 7.64. The minimum absolute atomic E-state index is 0. The van der Waals surface area contributed by atoms with E-state index in [1.165, 1.54) is 25.7 Å². The SMILES string of the molecule is CCCCBr.CCCCBr.O. The van der Waals surface area contributed by atoms with Gasteiger partial charge in [0.2, 0.25) is 0 Å². The molecule has 1 nitrogen and oxygen atoms in total. The van der Waals surface area contributed by atoms with Gasteiger partial charge in [-0.3, -0.25) is 0 Å². The Kier molecular flexibility index (Phi) is 36.4. The van der Waals surface area contributed by atoms with E-state index < -0.39 is 0 Å². The highest BCUT2D eigenvalue weighted by Crippen LogP contribution is 1.89. The molecule has 0 spiro atoms. The molecule has 0 aromatic carbocycles. The van der Waals surface area contributed by atoms with Crippen molar-refractivity contribution < 1.29 is 5.48 Å². The van der Waals surface area contributed by atoms with Crippen LogP contribution >= 0.6 is 31.9 Å². The van der Waals surface area contributed by atoms with Crippen LogP contribution in [0.15, 0.2) is 0 Å². The minimum atomic E-state index is 0. The minimum Gasteiger partial charge on any atom is -0.412 e. The van der Waals surface area contributed by atoms with Crippen LogP contribution in [0.5, 0.6) is 0 Å². The van der Waals surface area contributed by atoms with Crippen LogP contribution in [-0.2, 0) is 0 Å². The molecule has 3 heteroatoms. The lowest BCUT2D eigenvalue weighted by atomic mass is 10.4. The topological polar surface area (TPSA) is 31.5 Å². The summed E-state index contributed by atoms with van der Waals surface area (Å²) in [6.07, 6.45) is 5.20. The van der Waals surface area contributed by atoms with Crippen molar-refractivity contribution in [3.63, 3.8) is 0 Å². The lowest BCUT2D eigenvalue weighted by Gasteiger charge is -1.77. The van der Waals surface area contributed by atoms with Gasteiger partial charge in [-0.05, 0) is 12.8 Å². The molecule has 72 valence electrons. The first-order valence-corrected chi connectivity index (χ1v) is 6.19. The standard InChI is InChI=1S/2C4H9Br.H2O/c2*1-2-3-4-5;/h2*2-4H2,1H3;1H2. The molecule has 0 aliphatic rings. The Labute approximate surface area is 87.5 Å². The van der Waals surface area contributed by atoms with Crippen molar-refractivity contribution in [2.45, 2.75) is 39.5 Å². The maximum atomic E-state index is 3.31. The highest BCUT2D eigenvalue weighted by Gasteiger charge is 1.70. The number of alkyl halides is 2. The summed E-state index contributed by atoms with van der Waals surface area (Å²) >= 11 is 6.62. The average Bonchev–Trinajstić information content (AvgIpc) is 1.93. The number of hydrogen-bond donors (Lipinski definition) is 0. The molecule has 0 aromatic rings. The maximum absolute atomic E-state index is 3.31. The van der Waals surface area contributed by atoms with Gasteiger partial charge in [0.1, 0.15) is 0 Å². The Hall–Kier alpha value is 0.920. The molecule has 0 aromatic heterocycles. The van der Waals surface area contributed by atoms with E-state index in [-0.39, 0.29) is 5.48 Å². The molecule has 0 rings (SSSR count). The fraction of sp³-hybridized carbons (Fsp3) is 1.00. The third-order valence-corrected chi connectivity index (χ3v) is 2.10. The van der Waals surface area contributed by atoms with Crippen molar-refractivity contribution in [2.24, 2.45) is 0 Å². The van der Waals surface area contributed by atoms with Crippen LogP contribution < -0.4 is 0 Å². The van der Waals surface area contributed by atoms with Gasteiger partial charge in [-0.2, -0.15) is 0 Å². The van der Waals surface area contributed by atoms with Crippen molar-refractivity contribution in [3.05, 3.63) is 0 Å². The van der Waals surface area contributed by atoms with Gasteiger partial charge in [0.15, 0.2) is 0 Å². The summed E-state index contributed by atoms with van der Waals surface area (Å²) in [6, 6.07) is 0. The smallest absolute Gasteiger partial charge is 0.00312 e. The summed E-state index contributed by atoms with van der Waals surface area (Å²) in [5.74, 6) is 0. The quantitative estimate of drug-likeness (QED) is 0.710. The Bertz CT molecular complexity index is 33.1. The Morgan fingerprint density at radius 2 is 1.09 bits per heavy atom. The summed E-state index contributed by atoms with van der Waals surface area (Å²) in [7, 11) is 0. The highest BCUT2D eigenvalue weighted by atomic mass is 79.9. The van der Waals surface area contributed by atoms with Gasteiger partial charge in [0.05, 0.1) is 0 Å². The molecule has 0 heterocycles. The lowest BCUT2D eigenvalue weighted by molar-refractivity contribution is 0.824. The molecular formula is C8H20Br2O. The molecule has 0 bridgehead atoms. The second-order valence-corrected chi connectivity index (χ2v) is 3.67. The van der Waals surface area contributed by atoms with Gasteiger partial charge in [-0.1, -0.05) is 58.5 Å². The zero-order valence-corrected chi connectivity index (χ0v) is 10.7. The van der Waals surface area contributed by atoms with E-state index in [0.717, 1.165) is 10.7 Å². The molecule has 0 saturated heterocycles. The molecule has 0 aliphatic heterocycles. The van der Waals surface area contributed by atoms with Crippen molar-refractivity contribution in [2.75, 3.05) is 10.7 Å². The molecule has 0 atom stereocenters. The summed E-state index contributed by atoms with van der Waals surface area (Å²) in [5, 5.41) is 2.31. The van der Waals surface area contributed by atoms with E-state index in [1.54, 1.807) is 0 Å². The number of halogens is 2.